The molecule has 0 bridgehead atoms. The summed E-state index contributed by atoms with van der Waals surface area (Å²) in [6, 6.07) is 6.63. The molecule has 0 amide bonds. The van der Waals surface area contributed by atoms with E-state index in [9.17, 15) is 0 Å². The van der Waals surface area contributed by atoms with Crippen LogP contribution < -0.4 is 5.32 Å². The third-order valence-electron chi connectivity index (χ3n) is 2.55. The van der Waals surface area contributed by atoms with E-state index in [4.69, 9.17) is 0 Å². The smallest absolute Gasteiger partial charge is 0.0968 e. The Hall–Kier alpha value is -1.19. The largest absolute Gasteiger partial charge is 0.316 e. The first-order chi connectivity index (χ1) is 7.79. The van der Waals surface area contributed by atoms with Gasteiger partial charge in [-0.05, 0) is 25.1 Å². The van der Waals surface area contributed by atoms with E-state index in [1.807, 2.05) is 18.6 Å². The molecule has 0 unspecified atom stereocenters. The molecule has 0 saturated carbocycles. The number of nitrogens with one attached hydrogen (secondary N) is 1. The van der Waals surface area contributed by atoms with Crippen molar-refractivity contribution in [1.29, 1.82) is 0 Å². The Balaban J connectivity index is 2.26. The zero-order chi connectivity index (χ0) is 11.4. The van der Waals surface area contributed by atoms with Gasteiger partial charge in [-0.15, -0.1) is 11.3 Å². The van der Waals surface area contributed by atoms with E-state index in [0.717, 1.165) is 13.0 Å². The average Bonchev–Trinajstić information content (AvgIpc) is 2.75. The molecule has 16 heavy (non-hydrogen) atoms. The third-order valence-corrected chi connectivity index (χ3v) is 3.33. The third kappa shape index (κ3) is 2.68. The molecule has 2 rings (SSSR count). The first kappa shape index (κ1) is 11.3. The molecule has 2 aromatic rings. The molecule has 0 radical (unpaired) electrons. The van der Waals surface area contributed by atoms with Crippen molar-refractivity contribution < 1.29 is 0 Å². The minimum absolute atomic E-state index is 0.918. The Morgan fingerprint density at radius 2 is 2.19 bits per heavy atom. The monoisotopic (exact) mass is 232 g/mol. The Kier molecular flexibility index (Phi) is 3.70. The molecule has 1 aromatic carbocycles. The van der Waals surface area contributed by atoms with Gasteiger partial charge in [0.05, 0.1) is 5.01 Å². The van der Waals surface area contributed by atoms with Crippen molar-refractivity contribution >= 4 is 11.3 Å². The lowest BCUT2D eigenvalue weighted by Crippen LogP contribution is -2.08. The SMILES string of the molecule is CNCc1ccc(C)cc1Cc1nccs1. The molecule has 1 heterocycles. The van der Waals surface area contributed by atoms with Crippen LogP contribution in [0.3, 0.4) is 0 Å². The molecule has 0 aliphatic carbocycles. The molecule has 0 atom stereocenters. The lowest BCUT2D eigenvalue weighted by atomic mass is 10.0. The number of hydrogen-bond acceptors (Lipinski definition) is 3. The van der Waals surface area contributed by atoms with Gasteiger partial charge in [0.1, 0.15) is 0 Å². The molecule has 0 aliphatic heterocycles. The number of hydrogen-bond donors (Lipinski definition) is 1. The van der Waals surface area contributed by atoms with Crippen molar-refractivity contribution in [3.8, 4) is 0 Å². The van der Waals surface area contributed by atoms with Gasteiger partial charge in [-0.3, -0.25) is 0 Å². The Labute approximate surface area is 100 Å². The van der Waals surface area contributed by atoms with Crippen LogP contribution in [0, 0.1) is 6.92 Å². The molecule has 84 valence electrons. The zero-order valence-electron chi connectivity index (χ0n) is 9.66. The molecule has 0 fully saturated rings. The number of aromatic nitrogens is 1. The van der Waals surface area contributed by atoms with Gasteiger partial charge in [-0.2, -0.15) is 0 Å². The lowest BCUT2D eigenvalue weighted by molar-refractivity contribution is 0.807. The first-order valence-electron chi connectivity index (χ1n) is 5.41. The van der Waals surface area contributed by atoms with E-state index in [0.29, 0.717) is 0 Å². The van der Waals surface area contributed by atoms with E-state index in [2.05, 4.69) is 35.4 Å². The summed E-state index contributed by atoms with van der Waals surface area (Å²) in [4.78, 5) is 4.34. The standard InChI is InChI=1S/C13H16N2S/c1-10-3-4-11(9-14-2)12(7-10)8-13-15-5-6-16-13/h3-7,14H,8-9H2,1-2H3. The Bertz CT molecular complexity index is 449. The van der Waals surface area contributed by atoms with Crippen LogP contribution >= 0.6 is 11.3 Å². The maximum absolute atomic E-state index is 4.34. The minimum atomic E-state index is 0.918. The molecular formula is C13H16N2S. The van der Waals surface area contributed by atoms with Gasteiger partial charge in [0.2, 0.25) is 0 Å². The lowest BCUT2D eigenvalue weighted by Gasteiger charge is -2.09. The summed E-state index contributed by atoms with van der Waals surface area (Å²) >= 11 is 1.72. The second kappa shape index (κ2) is 5.23. The van der Waals surface area contributed by atoms with Crippen LogP contribution in [0.2, 0.25) is 0 Å². The van der Waals surface area contributed by atoms with Crippen LogP contribution in [0.25, 0.3) is 0 Å². The molecule has 3 heteroatoms. The molecule has 1 aromatic heterocycles. The van der Waals surface area contributed by atoms with Gasteiger partial charge < -0.3 is 5.32 Å². The summed E-state index contributed by atoms with van der Waals surface area (Å²) in [5, 5.41) is 6.42. The number of nitrogens with zero attached hydrogens (tertiary/aromatic N) is 1. The van der Waals surface area contributed by atoms with Crippen molar-refractivity contribution in [2.24, 2.45) is 0 Å². The number of thiazole rings is 1. The fourth-order valence-electron chi connectivity index (χ4n) is 1.79. The highest BCUT2D eigenvalue weighted by molar-refractivity contribution is 7.09. The molecular weight excluding hydrogens is 216 g/mol. The van der Waals surface area contributed by atoms with Crippen molar-refractivity contribution in [2.45, 2.75) is 19.9 Å². The quantitative estimate of drug-likeness (QED) is 0.876. The Morgan fingerprint density at radius 3 is 2.88 bits per heavy atom. The van der Waals surface area contributed by atoms with Crippen LogP contribution in [0.4, 0.5) is 0 Å². The second-order valence-corrected chi connectivity index (χ2v) is 4.88. The highest BCUT2D eigenvalue weighted by Crippen LogP contribution is 2.17. The first-order valence-corrected chi connectivity index (χ1v) is 6.29. The van der Waals surface area contributed by atoms with Crippen LogP contribution in [0.15, 0.2) is 29.8 Å². The summed E-state index contributed by atoms with van der Waals surface area (Å²) in [5.41, 5.74) is 4.05. The van der Waals surface area contributed by atoms with Gasteiger partial charge in [-0.1, -0.05) is 23.8 Å². The van der Waals surface area contributed by atoms with E-state index < -0.39 is 0 Å². The topological polar surface area (TPSA) is 24.9 Å². The highest BCUT2D eigenvalue weighted by Gasteiger charge is 2.05. The summed E-state index contributed by atoms with van der Waals surface area (Å²) in [6.07, 6.45) is 2.81. The van der Waals surface area contributed by atoms with Crippen molar-refractivity contribution in [2.75, 3.05) is 7.05 Å². The molecule has 2 nitrogen and oxygen atoms in total. The zero-order valence-corrected chi connectivity index (χ0v) is 10.5. The van der Waals surface area contributed by atoms with E-state index in [-0.39, 0.29) is 0 Å². The maximum atomic E-state index is 4.34. The summed E-state index contributed by atoms with van der Waals surface area (Å²) in [6.45, 7) is 3.05. The Morgan fingerprint density at radius 1 is 1.31 bits per heavy atom. The molecule has 1 N–H and O–H groups in total. The summed E-state index contributed by atoms with van der Waals surface area (Å²) < 4.78 is 0. The van der Waals surface area contributed by atoms with Crippen LogP contribution in [0.5, 0.6) is 0 Å². The molecule has 0 saturated heterocycles. The van der Waals surface area contributed by atoms with Gasteiger partial charge >= 0.3 is 0 Å². The molecule has 0 spiro atoms. The van der Waals surface area contributed by atoms with E-state index >= 15 is 0 Å². The fraction of sp³-hybridized carbons (Fsp3) is 0.308. The van der Waals surface area contributed by atoms with Gasteiger partial charge in [-0.25, -0.2) is 4.98 Å². The van der Waals surface area contributed by atoms with Crippen LogP contribution in [-0.4, -0.2) is 12.0 Å². The van der Waals surface area contributed by atoms with Gasteiger partial charge in [0.15, 0.2) is 0 Å². The predicted molar refractivity (Wildman–Crippen MR) is 68.9 cm³/mol. The normalized spacial score (nSPS) is 10.6. The molecule has 0 aliphatic rings. The van der Waals surface area contributed by atoms with E-state index in [1.54, 1.807) is 11.3 Å². The maximum Gasteiger partial charge on any atom is 0.0968 e. The van der Waals surface area contributed by atoms with Crippen molar-refractivity contribution in [1.82, 2.24) is 10.3 Å². The average molecular weight is 232 g/mol. The minimum Gasteiger partial charge on any atom is -0.316 e. The summed E-state index contributed by atoms with van der Waals surface area (Å²) in [7, 11) is 1.98. The van der Waals surface area contributed by atoms with Crippen molar-refractivity contribution in [3.05, 3.63) is 51.5 Å². The van der Waals surface area contributed by atoms with Crippen LogP contribution in [-0.2, 0) is 13.0 Å². The highest BCUT2D eigenvalue weighted by atomic mass is 32.1. The fourth-order valence-corrected chi connectivity index (χ4v) is 2.42. The van der Waals surface area contributed by atoms with Gasteiger partial charge in [0, 0.05) is 24.5 Å². The van der Waals surface area contributed by atoms with Crippen molar-refractivity contribution in [3.63, 3.8) is 0 Å². The number of aryl methyl sites for hydroxylation is 1. The van der Waals surface area contributed by atoms with E-state index in [1.165, 1.54) is 21.7 Å². The number of rotatable bonds is 4. The van der Waals surface area contributed by atoms with Crippen LogP contribution in [0.1, 0.15) is 21.7 Å². The predicted octanol–water partition coefficient (Wildman–Crippen LogP) is 2.76. The second-order valence-electron chi connectivity index (χ2n) is 3.91. The number of benzene rings is 1. The summed E-state index contributed by atoms with van der Waals surface area (Å²) in [5.74, 6) is 0. The van der Waals surface area contributed by atoms with Gasteiger partial charge in [0.25, 0.3) is 0 Å².